The quantitative estimate of drug-likeness (QED) is 0.594. The van der Waals surface area contributed by atoms with E-state index in [2.05, 4.69) is 10.2 Å². The number of likely N-dealkylation sites (tertiary alicyclic amines) is 1. The van der Waals surface area contributed by atoms with Crippen molar-refractivity contribution in [3.8, 4) is 0 Å². The highest BCUT2D eigenvalue weighted by molar-refractivity contribution is 4.88. The Morgan fingerprint density at radius 3 is 2.73 bits per heavy atom. The molecule has 0 saturated carbocycles. The molecule has 2 fully saturated rings. The first-order chi connectivity index (χ1) is 5.38. The molecule has 0 aromatic heterocycles. The summed E-state index contributed by atoms with van der Waals surface area (Å²) in [4.78, 5) is 2.27. The first kappa shape index (κ1) is 7.50. The van der Waals surface area contributed by atoms with Crippen LogP contribution >= 0.6 is 0 Å². The number of rotatable bonds is 1. The Bertz CT molecular complexity index is 134. The predicted molar refractivity (Wildman–Crippen MR) is 42.4 cm³/mol. The lowest BCUT2D eigenvalue weighted by molar-refractivity contribution is 0.0404. The van der Waals surface area contributed by atoms with Crippen LogP contribution < -0.4 is 5.32 Å². The van der Waals surface area contributed by atoms with Crippen LogP contribution in [0.25, 0.3) is 0 Å². The number of hydrogen-bond acceptors (Lipinski definition) is 2. The average Bonchev–Trinajstić information content (AvgIpc) is 1.90. The molecule has 0 aromatic rings. The Morgan fingerprint density at radius 2 is 2.18 bits per heavy atom. The van der Waals surface area contributed by atoms with Gasteiger partial charge in [0.2, 0.25) is 0 Å². The molecule has 2 aliphatic rings. The van der Waals surface area contributed by atoms with Gasteiger partial charge < -0.3 is 5.32 Å². The zero-order chi connectivity index (χ0) is 7.68. The van der Waals surface area contributed by atoms with Crippen LogP contribution in [0.5, 0.6) is 0 Å². The summed E-state index contributed by atoms with van der Waals surface area (Å²) in [7, 11) is 0. The zero-order valence-electron chi connectivity index (χ0n) is 6.72. The second kappa shape index (κ2) is 3.07. The third kappa shape index (κ3) is 1.40. The summed E-state index contributed by atoms with van der Waals surface area (Å²) in [5.41, 5.74) is 0. The molecule has 3 heteroatoms. The van der Waals surface area contributed by atoms with Gasteiger partial charge in [0.25, 0.3) is 0 Å². The Morgan fingerprint density at radius 1 is 1.36 bits per heavy atom. The van der Waals surface area contributed by atoms with E-state index in [0.29, 0.717) is 6.54 Å². The fourth-order valence-corrected chi connectivity index (χ4v) is 1.89. The lowest BCUT2D eigenvalue weighted by Crippen LogP contribution is -2.55. The smallest absolute Gasteiger partial charge is 0.128 e. The van der Waals surface area contributed by atoms with Crippen molar-refractivity contribution in [3.63, 3.8) is 0 Å². The van der Waals surface area contributed by atoms with Gasteiger partial charge in [-0.05, 0) is 32.5 Å². The van der Waals surface area contributed by atoms with E-state index in [1.54, 1.807) is 0 Å². The van der Waals surface area contributed by atoms with E-state index < -0.39 is 6.17 Å². The van der Waals surface area contributed by atoms with Crippen LogP contribution in [0.15, 0.2) is 0 Å². The second-order valence-corrected chi connectivity index (χ2v) is 3.47. The summed E-state index contributed by atoms with van der Waals surface area (Å²) < 4.78 is 13.2. The number of halogens is 1. The Kier molecular flexibility index (Phi) is 2.09. The molecule has 2 atom stereocenters. The van der Waals surface area contributed by atoms with Crippen molar-refractivity contribution in [2.24, 2.45) is 0 Å². The molecule has 1 N–H and O–H groups in total. The van der Waals surface area contributed by atoms with Gasteiger partial charge in [0.05, 0.1) is 0 Å². The van der Waals surface area contributed by atoms with E-state index in [9.17, 15) is 4.39 Å². The van der Waals surface area contributed by atoms with E-state index in [-0.39, 0.29) is 6.04 Å². The summed E-state index contributed by atoms with van der Waals surface area (Å²) in [5, 5.41) is 3.07. The fourth-order valence-electron chi connectivity index (χ4n) is 1.89. The largest absolute Gasteiger partial charge is 0.314 e. The molecule has 2 saturated heterocycles. The number of nitrogens with one attached hydrogen (secondary N) is 1. The van der Waals surface area contributed by atoms with Gasteiger partial charge in [-0.15, -0.1) is 0 Å². The van der Waals surface area contributed by atoms with E-state index in [1.165, 1.54) is 6.42 Å². The summed E-state index contributed by atoms with van der Waals surface area (Å²) in [6.07, 6.45) is 1.61. The third-order valence-corrected chi connectivity index (χ3v) is 2.73. The van der Waals surface area contributed by atoms with Crippen molar-refractivity contribution < 1.29 is 4.39 Å². The number of hydrogen-bond donors (Lipinski definition) is 1. The van der Waals surface area contributed by atoms with E-state index in [4.69, 9.17) is 0 Å². The Labute approximate surface area is 66.8 Å². The van der Waals surface area contributed by atoms with E-state index in [1.807, 2.05) is 0 Å². The molecule has 2 nitrogen and oxygen atoms in total. The van der Waals surface area contributed by atoms with Crippen molar-refractivity contribution in [2.45, 2.75) is 25.1 Å². The molecule has 2 aliphatic heterocycles. The number of nitrogens with zero attached hydrogens (tertiary/aromatic N) is 1. The summed E-state index contributed by atoms with van der Waals surface area (Å²) in [6.45, 7) is 3.78. The van der Waals surface area contributed by atoms with Crippen LogP contribution in [0.4, 0.5) is 4.39 Å². The first-order valence-corrected chi connectivity index (χ1v) is 4.47. The standard InChI is InChI=1S/C8H15FN2/c9-7-6-10-3-2-8(7)11-4-1-5-11/h7-8,10H,1-6H2. The molecule has 0 radical (unpaired) electrons. The monoisotopic (exact) mass is 158 g/mol. The fraction of sp³-hybridized carbons (Fsp3) is 1.00. The van der Waals surface area contributed by atoms with E-state index >= 15 is 0 Å². The lowest BCUT2D eigenvalue weighted by atomic mass is 9.99. The van der Waals surface area contributed by atoms with Crippen LogP contribution in [0.2, 0.25) is 0 Å². The molecule has 0 amide bonds. The second-order valence-electron chi connectivity index (χ2n) is 3.47. The van der Waals surface area contributed by atoms with Gasteiger partial charge in [0.15, 0.2) is 0 Å². The van der Waals surface area contributed by atoms with Crippen molar-refractivity contribution in [2.75, 3.05) is 26.2 Å². The molecule has 0 aromatic carbocycles. The van der Waals surface area contributed by atoms with Crippen molar-refractivity contribution in [3.05, 3.63) is 0 Å². The van der Waals surface area contributed by atoms with Crippen LogP contribution in [-0.2, 0) is 0 Å². The predicted octanol–water partition coefficient (Wildman–Crippen LogP) is 0.392. The van der Waals surface area contributed by atoms with Crippen molar-refractivity contribution in [1.82, 2.24) is 10.2 Å². The number of alkyl halides is 1. The molecule has 64 valence electrons. The van der Waals surface area contributed by atoms with Crippen LogP contribution in [0.1, 0.15) is 12.8 Å². The molecule has 2 heterocycles. The minimum Gasteiger partial charge on any atom is -0.314 e. The van der Waals surface area contributed by atoms with Gasteiger partial charge in [-0.3, -0.25) is 4.90 Å². The maximum absolute atomic E-state index is 13.2. The Balaban J connectivity index is 1.88. The summed E-state index contributed by atoms with van der Waals surface area (Å²) in [5.74, 6) is 0. The highest BCUT2D eigenvalue weighted by Crippen LogP contribution is 2.20. The van der Waals surface area contributed by atoms with E-state index in [0.717, 1.165) is 26.1 Å². The molecule has 2 unspecified atom stereocenters. The maximum atomic E-state index is 13.2. The van der Waals surface area contributed by atoms with Gasteiger partial charge in [-0.2, -0.15) is 0 Å². The molecule has 0 aliphatic carbocycles. The summed E-state index contributed by atoms with van der Waals surface area (Å²) in [6, 6.07) is 0.227. The Hall–Kier alpha value is -0.150. The number of piperidine rings is 1. The van der Waals surface area contributed by atoms with Crippen LogP contribution in [0.3, 0.4) is 0 Å². The SMILES string of the molecule is FC1CNCCC1N1CCC1. The zero-order valence-corrected chi connectivity index (χ0v) is 6.72. The molecular weight excluding hydrogens is 143 g/mol. The van der Waals surface area contributed by atoms with Crippen molar-refractivity contribution >= 4 is 0 Å². The minimum absolute atomic E-state index is 0.227. The topological polar surface area (TPSA) is 15.3 Å². The molecular formula is C8H15FN2. The van der Waals surface area contributed by atoms with Crippen LogP contribution in [-0.4, -0.2) is 43.3 Å². The average molecular weight is 158 g/mol. The highest BCUT2D eigenvalue weighted by Gasteiger charge is 2.32. The minimum atomic E-state index is -0.635. The van der Waals surface area contributed by atoms with Gasteiger partial charge in [0.1, 0.15) is 6.17 Å². The van der Waals surface area contributed by atoms with Crippen molar-refractivity contribution in [1.29, 1.82) is 0 Å². The maximum Gasteiger partial charge on any atom is 0.128 e. The molecule has 2 rings (SSSR count). The normalized spacial score (nSPS) is 40.1. The highest BCUT2D eigenvalue weighted by atomic mass is 19.1. The lowest BCUT2D eigenvalue weighted by Gasteiger charge is -2.42. The first-order valence-electron chi connectivity index (χ1n) is 4.47. The van der Waals surface area contributed by atoms with Gasteiger partial charge >= 0.3 is 0 Å². The summed E-state index contributed by atoms with van der Waals surface area (Å²) >= 11 is 0. The van der Waals surface area contributed by atoms with Gasteiger partial charge in [-0.1, -0.05) is 0 Å². The third-order valence-electron chi connectivity index (χ3n) is 2.73. The van der Waals surface area contributed by atoms with Gasteiger partial charge in [0, 0.05) is 12.6 Å². The molecule has 0 spiro atoms. The molecule has 11 heavy (non-hydrogen) atoms. The van der Waals surface area contributed by atoms with Gasteiger partial charge in [-0.25, -0.2) is 4.39 Å². The van der Waals surface area contributed by atoms with Crippen LogP contribution in [0, 0.1) is 0 Å². The molecule has 0 bridgehead atoms.